The minimum atomic E-state index is -0.214. The molecular formula is C12H9Cl2N3O. The van der Waals surface area contributed by atoms with E-state index in [1.54, 1.807) is 18.3 Å². The summed E-state index contributed by atoms with van der Waals surface area (Å²) in [6, 6.07) is 4.92. The van der Waals surface area contributed by atoms with E-state index in [9.17, 15) is 4.79 Å². The van der Waals surface area contributed by atoms with Gasteiger partial charge in [-0.1, -0.05) is 23.2 Å². The number of halogens is 2. The van der Waals surface area contributed by atoms with Gasteiger partial charge in [-0.15, -0.1) is 0 Å². The van der Waals surface area contributed by atoms with Crippen LogP contribution in [0.4, 0.5) is 0 Å². The van der Waals surface area contributed by atoms with Gasteiger partial charge in [-0.05, 0) is 18.2 Å². The van der Waals surface area contributed by atoms with Gasteiger partial charge < -0.3 is 5.32 Å². The van der Waals surface area contributed by atoms with Crippen LogP contribution in [0.15, 0.2) is 36.8 Å². The molecule has 0 bridgehead atoms. The smallest absolute Gasteiger partial charge is 0.253 e. The zero-order valence-electron chi connectivity index (χ0n) is 9.23. The molecule has 1 N–H and O–H groups in total. The topological polar surface area (TPSA) is 54.9 Å². The Labute approximate surface area is 114 Å². The van der Waals surface area contributed by atoms with Gasteiger partial charge in [0, 0.05) is 30.7 Å². The van der Waals surface area contributed by atoms with Crippen LogP contribution in [0.1, 0.15) is 15.9 Å². The number of hydrogen-bond donors (Lipinski definition) is 1. The monoisotopic (exact) mass is 281 g/mol. The molecule has 2 heterocycles. The Bertz CT molecular complexity index is 561. The van der Waals surface area contributed by atoms with Gasteiger partial charge >= 0.3 is 0 Å². The summed E-state index contributed by atoms with van der Waals surface area (Å²) >= 11 is 11.7. The molecule has 0 aliphatic heterocycles. The SMILES string of the molecule is O=C(NCc1cnc(Cl)cc1Cl)c1cccnc1. The predicted octanol–water partition coefficient (Wildman–Crippen LogP) is 2.71. The number of hydrogen-bond acceptors (Lipinski definition) is 3. The van der Waals surface area contributed by atoms with E-state index < -0.39 is 0 Å². The van der Waals surface area contributed by atoms with Crippen molar-refractivity contribution in [3.63, 3.8) is 0 Å². The fourth-order valence-electron chi connectivity index (χ4n) is 1.34. The van der Waals surface area contributed by atoms with E-state index in [4.69, 9.17) is 23.2 Å². The minimum Gasteiger partial charge on any atom is -0.348 e. The van der Waals surface area contributed by atoms with E-state index in [-0.39, 0.29) is 12.5 Å². The summed E-state index contributed by atoms with van der Waals surface area (Å²) in [4.78, 5) is 19.5. The summed E-state index contributed by atoms with van der Waals surface area (Å²) in [6.45, 7) is 0.288. The largest absolute Gasteiger partial charge is 0.348 e. The second-order valence-corrected chi connectivity index (χ2v) is 4.32. The van der Waals surface area contributed by atoms with Crippen LogP contribution in [-0.4, -0.2) is 15.9 Å². The van der Waals surface area contributed by atoms with Crippen LogP contribution in [0.2, 0.25) is 10.2 Å². The number of rotatable bonds is 3. The van der Waals surface area contributed by atoms with Crippen molar-refractivity contribution in [1.82, 2.24) is 15.3 Å². The third kappa shape index (κ3) is 3.18. The van der Waals surface area contributed by atoms with Crippen molar-refractivity contribution in [3.8, 4) is 0 Å². The fourth-order valence-corrected chi connectivity index (χ4v) is 1.77. The first kappa shape index (κ1) is 12.8. The second-order valence-electron chi connectivity index (χ2n) is 3.52. The Morgan fingerprint density at radius 3 is 2.83 bits per heavy atom. The van der Waals surface area contributed by atoms with Crippen LogP contribution in [0.3, 0.4) is 0 Å². The highest BCUT2D eigenvalue weighted by Gasteiger charge is 2.07. The van der Waals surface area contributed by atoms with Crippen LogP contribution >= 0.6 is 23.2 Å². The molecule has 0 aromatic carbocycles. The molecule has 92 valence electrons. The Balaban J connectivity index is 2.02. The molecule has 6 heteroatoms. The summed E-state index contributed by atoms with van der Waals surface area (Å²) in [5, 5.41) is 3.52. The maximum absolute atomic E-state index is 11.8. The molecule has 0 atom stereocenters. The Morgan fingerprint density at radius 1 is 1.33 bits per heavy atom. The molecule has 0 saturated carbocycles. The Morgan fingerprint density at radius 2 is 2.17 bits per heavy atom. The summed E-state index contributed by atoms with van der Waals surface area (Å²) in [6.07, 6.45) is 4.64. The molecule has 0 spiro atoms. The minimum absolute atomic E-state index is 0.214. The maximum Gasteiger partial charge on any atom is 0.253 e. The van der Waals surface area contributed by atoms with Gasteiger partial charge in [0.25, 0.3) is 5.91 Å². The normalized spacial score (nSPS) is 10.1. The molecule has 2 rings (SSSR count). The quantitative estimate of drug-likeness (QED) is 0.881. The number of nitrogens with one attached hydrogen (secondary N) is 1. The third-order valence-electron chi connectivity index (χ3n) is 2.26. The zero-order valence-corrected chi connectivity index (χ0v) is 10.7. The first-order valence-electron chi connectivity index (χ1n) is 5.15. The molecular weight excluding hydrogens is 273 g/mol. The van der Waals surface area contributed by atoms with Gasteiger partial charge in [0.15, 0.2) is 0 Å². The van der Waals surface area contributed by atoms with E-state index in [0.29, 0.717) is 21.3 Å². The number of nitrogens with zero attached hydrogens (tertiary/aromatic N) is 2. The number of pyridine rings is 2. The summed E-state index contributed by atoms with van der Waals surface area (Å²) < 4.78 is 0. The molecule has 0 fully saturated rings. The Kier molecular flexibility index (Phi) is 4.12. The van der Waals surface area contributed by atoms with Gasteiger partial charge in [-0.2, -0.15) is 0 Å². The molecule has 4 nitrogen and oxygen atoms in total. The standard InChI is InChI=1S/C12H9Cl2N3O/c13-10-4-11(14)16-6-9(10)7-17-12(18)8-2-1-3-15-5-8/h1-6H,7H2,(H,17,18). The average molecular weight is 282 g/mol. The molecule has 0 aliphatic rings. The summed E-state index contributed by atoms with van der Waals surface area (Å²) in [5.74, 6) is -0.214. The maximum atomic E-state index is 11.8. The van der Waals surface area contributed by atoms with Crippen LogP contribution < -0.4 is 5.32 Å². The highest BCUT2D eigenvalue weighted by atomic mass is 35.5. The molecule has 0 aliphatic carbocycles. The number of amides is 1. The second kappa shape index (κ2) is 5.80. The van der Waals surface area contributed by atoms with E-state index in [2.05, 4.69) is 15.3 Å². The van der Waals surface area contributed by atoms with Crippen molar-refractivity contribution in [2.75, 3.05) is 0 Å². The van der Waals surface area contributed by atoms with E-state index >= 15 is 0 Å². The molecule has 2 aromatic rings. The van der Waals surface area contributed by atoms with Crippen LogP contribution in [-0.2, 0) is 6.54 Å². The number of aromatic nitrogens is 2. The van der Waals surface area contributed by atoms with Crippen molar-refractivity contribution in [2.24, 2.45) is 0 Å². The molecule has 18 heavy (non-hydrogen) atoms. The highest BCUT2D eigenvalue weighted by Crippen LogP contribution is 2.18. The number of carbonyl (C=O) groups is 1. The van der Waals surface area contributed by atoms with Crippen molar-refractivity contribution < 1.29 is 4.79 Å². The predicted molar refractivity (Wildman–Crippen MR) is 69.7 cm³/mol. The van der Waals surface area contributed by atoms with Crippen molar-refractivity contribution >= 4 is 29.1 Å². The lowest BCUT2D eigenvalue weighted by molar-refractivity contribution is 0.0950. The van der Waals surface area contributed by atoms with Crippen molar-refractivity contribution in [3.05, 3.63) is 58.1 Å². The lowest BCUT2D eigenvalue weighted by atomic mass is 10.2. The lowest BCUT2D eigenvalue weighted by Crippen LogP contribution is -2.23. The van der Waals surface area contributed by atoms with Gasteiger partial charge in [0.1, 0.15) is 5.15 Å². The first-order chi connectivity index (χ1) is 8.66. The van der Waals surface area contributed by atoms with E-state index in [0.717, 1.165) is 0 Å². The molecule has 0 unspecified atom stereocenters. The van der Waals surface area contributed by atoms with Crippen LogP contribution in [0.25, 0.3) is 0 Å². The van der Waals surface area contributed by atoms with E-state index in [1.807, 2.05) is 0 Å². The van der Waals surface area contributed by atoms with Gasteiger partial charge in [0.2, 0.25) is 0 Å². The molecule has 1 amide bonds. The summed E-state index contributed by atoms with van der Waals surface area (Å²) in [5.41, 5.74) is 1.20. The van der Waals surface area contributed by atoms with Crippen molar-refractivity contribution in [2.45, 2.75) is 6.54 Å². The summed E-state index contributed by atoms with van der Waals surface area (Å²) in [7, 11) is 0. The highest BCUT2D eigenvalue weighted by molar-refractivity contribution is 6.34. The van der Waals surface area contributed by atoms with Crippen LogP contribution in [0, 0.1) is 0 Å². The third-order valence-corrected chi connectivity index (χ3v) is 2.82. The molecule has 0 radical (unpaired) electrons. The van der Waals surface area contributed by atoms with Gasteiger partial charge in [-0.25, -0.2) is 4.98 Å². The number of carbonyl (C=O) groups excluding carboxylic acids is 1. The van der Waals surface area contributed by atoms with E-state index in [1.165, 1.54) is 18.5 Å². The van der Waals surface area contributed by atoms with Crippen LogP contribution in [0.5, 0.6) is 0 Å². The van der Waals surface area contributed by atoms with Gasteiger partial charge in [-0.3, -0.25) is 9.78 Å². The first-order valence-corrected chi connectivity index (χ1v) is 5.90. The molecule has 0 saturated heterocycles. The Hall–Kier alpha value is -1.65. The molecule has 2 aromatic heterocycles. The zero-order chi connectivity index (χ0) is 13.0. The average Bonchev–Trinajstić information content (AvgIpc) is 2.38. The fraction of sp³-hybridized carbons (Fsp3) is 0.0833. The van der Waals surface area contributed by atoms with Gasteiger partial charge in [0.05, 0.1) is 10.6 Å². The lowest BCUT2D eigenvalue weighted by Gasteiger charge is -2.06. The van der Waals surface area contributed by atoms with Crippen molar-refractivity contribution in [1.29, 1.82) is 0 Å².